The highest BCUT2D eigenvalue weighted by Gasteiger charge is 2.35. The quantitative estimate of drug-likeness (QED) is 0.521. The average molecular weight is 444 g/mol. The van der Waals surface area contributed by atoms with Gasteiger partial charge < -0.3 is 19.5 Å². The van der Waals surface area contributed by atoms with Crippen LogP contribution < -0.4 is 19.9 Å². The standard InChI is InChI=1S/C20H20N4O6S/c1-28-5-6-30-17-9-15-13(8-16(17)29-2)19(23-10-22-15)18-12-7-11(31(21,26)27)3-4-14(12)24-20(18)25/h3-4,7-10,18H,5-6H2,1-2H3,(H,24,25)(H2,21,26,27). The summed E-state index contributed by atoms with van der Waals surface area (Å²) in [6.07, 6.45) is 1.35. The molecule has 3 N–H and O–H groups in total. The summed E-state index contributed by atoms with van der Waals surface area (Å²) in [5.74, 6) is -0.255. The van der Waals surface area contributed by atoms with Crippen LogP contribution in [0.4, 0.5) is 5.69 Å². The van der Waals surface area contributed by atoms with Gasteiger partial charge in [-0.25, -0.2) is 23.5 Å². The number of carbonyl (C=O) groups excluding carboxylic acids is 1. The molecule has 0 saturated carbocycles. The van der Waals surface area contributed by atoms with Crippen LogP contribution in [0.5, 0.6) is 11.5 Å². The first-order valence-electron chi connectivity index (χ1n) is 9.25. The van der Waals surface area contributed by atoms with Crippen LogP contribution in [0.3, 0.4) is 0 Å². The van der Waals surface area contributed by atoms with Gasteiger partial charge in [0.05, 0.1) is 29.8 Å². The van der Waals surface area contributed by atoms with Crippen LogP contribution in [0.1, 0.15) is 17.2 Å². The molecule has 0 spiro atoms. The normalized spacial score (nSPS) is 15.6. The minimum atomic E-state index is -3.94. The molecule has 0 bridgehead atoms. The fourth-order valence-corrected chi connectivity index (χ4v) is 4.06. The van der Waals surface area contributed by atoms with Crippen LogP contribution in [0.2, 0.25) is 0 Å². The van der Waals surface area contributed by atoms with Crippen LogP contribution >= 0.6 is 0 Å². The Morgan fingerprint density at radius 1 is 1.10 bits per heavy atom. The third-order valence-corrected chi connectivity index (χ3v) is 5.86. The van der Waals surface area contributed by atoms with Crippen LogP contribution in [-0.4, -0.2) is 51.7 Å². The summed E-state index contributed by atoms with van der Waals surface area (Å²) in [5.41, 5.74) is 1.92. The molecule has 0 radical (unpaired) electrons. The van der Waals surface area contributed by atoms with Gasteiger partial charge in [-0.3, -0.25) is 4.79 Å². The van der Waals surface area contributed by atoms with Crippen LogP contribution in [0.25, 0.3) is 10.9 Å². The maximum absolute atomic E-state index is 12.8. The molecular weight excluding hydrogens is 424 g/mol. The molecule has 4 rings (SSSR count). The molecule has 10 nitrogen and oxygen atoms in total. The second-order valence-electron chi connectivity index (χ2n) is 6.84. The van der Waals surface area contributed by atoms with E-state index in [1.807, 2.05) is 0 Å². The Morgan fingerprint density at radius 2 is 1.90 bits per heavy atom. The fourth-order valence-electron chi connectivity index (χ4n) is 3.51. The number of hydrogen-bond donors (Lipinski definition) is 2. The number of nitrogens with one attached hydrogen (secondary N) is 1. The first-order chi connectivity index (χ1) is 14.8. The number of hydrogen-bond acceptors (Lipinski definition) is 8. The van der Waals surface area contributed by atoms with Crippen molar-refractivity contribution in [1.82, 2.24) is 9.97 Å². The van der Waals surface area contributed by atoms with Crippen LogP contribution in [0, 0.1) is 0 Å². The molecule has 3 aromatic rings. The summed E-state index contributed by atoms with van der Waals surface area (Å²) in [5, 5.41) is 8.60. The lowest BCUT2D eigenvalue weighted by Crippen LogP contribution is -2.16. The molecule has 1 unspecified atom stereocenters. The van der Waals surface area contributed by atoms with Crippen molar-refractivity contribution < 1.29 is 27.4 Å². The van der Waals surface area contributed by atoms with Crippen molar-refractivity contribution >= 4 is 32.5 Å². The molecule has 1 aliphatic heterocycles. The monoisotopic (exact) mass is 444 g/mol. The number of anilines is 1. The molecule has 31 heavy (non-hydrogen) atoms. The molecule has 2 aromatic carbocycles. The number of primary sulfonamides is 1. The van der Waals surface area contributed by atoms with E-state index < -0.39 is 15.9 Å². The van der Waals surface area contributed by atoms with Gasteiger partial charge in [-0.2, -0.15) is 0 Å². The number of ether oxygens (including phenoxy) is 3. The number of sulfonamides is 1. The van der Waals surface area contributed by atoms with Crippen molar-refractivity contribution in [3.05, 3.63) is 47.9 Å². The SMILES string of the molecule is COCCOc1cc2ncnc(C3C(=O)Nc4ccc(S(N)(=O)=O)cc43)c2cc1OC. The molecule has 1 aliphatic rings. The number of methoxy groups -OCH3 is 2. The Morgan fingerprint density at radius 3 is 2.61 bits per heavy atom. The Labute approximate surface area is 178 Å². The minimum absolute atomic E-state index is 0.0856. The Balaban J connectivity index is 1.85. The van der Waals surface area contributed by atoms with Crippen molar-refractivity contribution in [1.29, 1.82) is 0 Å². The highest BCUT2D eigenvalue weighted by Crippen LogP contribution is 2.41. The number of rotatable bonds is 7. The van der Waals surface area contributed by atoms with Gasteiger partial charge in [0.25, 0.3) is 0 Å². The van der Waals surface area contributed by atoms with Gasteiger partial charge in [-0.1, -0.05) is 0 Å². The number of nitrogens with zero attached hydrogens (tertiary/aromatic N) is 2. The maximum atomic E-state index is 12.8. The first kappa shape index (κ1) is 21.0. The third-order valence-electron chi connectivity index (χ3n) is 4.95. The molecular formula is C20H20N4O6S. The summed E-state index contributed by atoms with van der Waals surface area (Å²) in [6, 6.07) is 7.64. The number of amides is 1. The first-order valence-corrected chi connectivity index (χ1v) is 10.8. The smallest absolute Gasteiger partial charge is 0.238 e. The Kier molecular flexibility index (Phi) is 5.48. The van der Waals surface area contributed by atoms with E-state index in [0.717, 1.165) is 0 Å². The van der Waals surface area contributed by atoms with Gasteiger partial charge in [-0.05, 0) is 29.8 Å². The molecule has 11 heteroatoms. The molecule has 162 valence electrons. The third kappa shape index (κ3) is 3.90. The zero-order valence-corrected chi connectivity index (χ0v) is 17.6. The molecule has 1 aromatic heterocycles. The topological polar surface area (TPSA) is 143 Å². The maximum Gasteiger partial charge on any atom is 0.238 e. The summed E-state index contributed by atoms with van der Waals surface area (Å²) in [6.45, 7) is 0.729. The van der Waals surface area contributed by atoms with E-state index in [2.05, 4.69) is 15.3 Å². The zero-order valence-electron chi connectivity index (χ0n) is 16.8. The van der Waals surface area contributed by atoms with E-state index in [-0.39, 0.29) is 10.8 Å². The Bertz CT molecular complexity index is 1280. The predicted molar refractivity (Wildman–Crippen MR) is 112 cm³/mol. The van der Waals surface area contributed by atoms with Gasteiger partial charge in [0.1, 0.15) is 18.9 Å². The second-order valence-corrected chi connectivity index (χ2v) is 8.40. The lowest BCUT2D eigenvalue weighted by atomic mass is 9.94. The minimum Gasteiger partial charge on any atom is -0.493 e. The number of benzene rings is 2. The van der Waals surface area contributed by atoms with E-state index in [0.29, 0.717) is 52.6 Å². The van der Waals surface area contributed by atoms with Crippen molar-refractivity contribution in [3.63, 3.8) is 0 Å². The molecule has 2 heterocycles. The van der Waals surface area contributed by atoms with E-state index in [9.17, 15) is 13.2 Å². The summed E-state index contributed by atoms with van der Waals surface area (Å²) in [7, 11) is -0.857. The van der Waals surface area contributed by atoms with Gasteiger partial charge in [0, 0.05) is 24.2 Å². The van der Waals surface area contributed by atoms with Crippen LogP contribution in [0.15, 0.2) is 41.6 Å². The predicted octanol–water partition coefficient (Wildman–Crippen LogP) is 1.40. The fraction of sp³-hybridized carbons (Fsp3) is 0.250. The number of aromatic nitrogens is 2. The van der Waals surface area contributed by atoms with E-state index in [1.54, 1.807) is 19.2 Å². The lowest BCUT2D eigenvalue weighted by Gasteiger charge is -2.15. The summed E-state index contributed by atoms with van der Waals surface area (Å²) >= 11 is 0. The van der Waals surface area contributed by atoms with E-state index in [1.165, 1.54) is 31.6 Å². The zero-order chi connectivity index (χ0) is 22.2. The van der Waals surface area contributed by atoms with Crippen LogP contribution in [-0.2, 0) is 19.6 Å². The average Bonchev–Trinajstić information content (AvgIpc) is 3.07. The highest BCUT2D eigenvalue weighted by molar-refractivity contribution is 7.89. The largest absolute Gasteiger partial charge is 0.493 e. The van der Waals surface area contributed by atoms with Gasteiger partial charge >= 0.3 is 0 Å². The number of carbonyl (C=O) groups is 1. The Hall–Kier alpha value is -3.28. The second kappa shape index (κ2) is 8.10. The molecule has 0 fully saturated rings. The van der Waals surface area contributed by atoms with Gasteiger partial charge in [0.2, 0.25) is 15.9 Å². The van der Waals surface area contributed by atoms with Gasteiger partial charge in [-0.15, -0.1) is 0 Å². The highest BCUT2D eigenvalue weighted by atomic mass is 32.2. The molecule has 0 saturated heterocycles. The van der Waals surface area contributed by atoms with Crippen molar-refractivity contribution in [2.45, 2.75) is 10.8 Å². The van der Waals surface area contributed by atoms with Crippen molar-refractivity contribution in [2.24, 2.45) is 5.14 Å². The summed E-state index contributed by atoms with van der Waals surface area (Å²) in [4.78, 5) is 21.4. The van der Waals surface area contributed by atoms with Gasteiger partial charge in [0.15, 0.2) is 11.5 Å². The summed E-state index contributed by atoms with van der Waals surface area (Å²) < 4.78 is 39.8. The molecule has 0 aliphatic carbocycles. The number of fused-ring (bicyclic) bond motifs is 2. The van der Waals surface area contributed by atoms with E-state index >= 15 is 0 Å². The lowest BCUT2D eigenvalue weighted by molar-refractivity contribution is -0.116. The molecule has 1 amide bonds. The van der Waals surface area contributed by atoms with Crippen molar-refractivity contribution in [3.8, 4) is 11.5 Å². The number of nitrogens with two attached hydrogens (primary N) is 1. The van der Waals surface area contributed by atoms with E-state index in [4.69, 9.17) is 19.3 Å². The van der Waals surface area contributed by atoms with Crippen molar-refractivity contribution in [2.75, 3.05) is 32.8 Å². The molecule has 1 atom stereocenters.